The van der Waals surface area contributed by atoms with E-state index in [1.165, 1.54) is 12.4 Å². The van der Waals surface area contributed by atoms with Crippen LogP contribution < -0.4 is 5.32 Å². The number of nitrogens with zero attached hydrogens (tertiary/aromatic N) is 3. The smallest absolute Gasteiger partial charge is 0.231 e. The second kappa shape index (κ2) is 5.72. The summed E-state index contributed by atoms with van der Waals surface area (Å²) in [6, 6.07) is 6.46. The van der Waals surface area contributed by atoms with Crippen LogP contribution in [0.3, 0.4) is 0 Å². The largest absolute Gasteiger partial charge is 0.324 e. The molecule has 0 radical (unpaired) electrons. The van der Waals surface area contributed by atoms with E-state index >= 15 is 0 Å². The molecule has 0 unspecified atom stereocenters. The topological polar surface area (TPSA) is 84.8 Å². The predicted molar refractivity (Wildman–Crippen MR) is 76.9 cm³/mol. The van der Waals surface area contributed by atoms with E-state index in [1.807, 2.05) is 0 Å². The second-order valence-corrected chi connectivity index (χ2v) is 7.17. The Hall–Kier alpha value is -1.73. The van der Waals surface area contributed by atoms with E-state index in [-0.39, 0.29) is 16.1 Å². The molecule has 2 aromatic rings. The summed E-state index contributed by atoms with van der Waals surface area (Å²) in [4.78, 5) is 11.7. The molecule has 1 heterocycles. The first-order valence-electron chi connectivity index (χ1n) is 5.85. The van der Waals surface area contributed by atoms with Crippen molar-refractivity contribution in [3.8, 4) is 0 Å². The van der Waals surface area contributed by atoms with Gasteiger partial charge in [0.05, 0.1) is 10.1 Å². The number of benzene rings is 1. The van der Waals surface area contributed by atoms with Crippen LogP contribution in [0.15, 0.2) is 35.5 Å². The fraction of sp³-hybridized carbons (Fsp3) is 0.250. The molecule has 8 heteroatoms. The molecule has 0 bridgehead atoms. The Labute approximate surface area is 122 Å². The van der Waals surface area contributed by atoms with E-state index in [9.17, 15) is 8.42 Å². The molecule has 6 nitrogen and oxygen atoms in total. The number of sulfone groups is 1. The molecule has 20 heavy (non-hydrogen) atoms. The zero-order chi connectivity index (χ0) is 14.8. The van der Waals surface area contributed by atoms with Gasteiger partial charge in [-0.2, -0.15) is 4.98 Å². The van der Waals surface area contributed by atoms with Crippen molar-refractivity contribution in [2.45, 2.75) is 24.0 Å². The molecular weight excluding hydrogens is 300 g/mol. The maximum Gasteiger partial charge on any atom is 0.231 e. The molecule has 2 rings (SSSR count). The Balaban J connectivity index is 2.32. The van der Waals surface area contributed by atoms with E-state index < -0.39 is 15.1 Å². The molecule has 0 saturated carbocycles. The Morgan fingerprint density at radius 1 is 1.25 bits per heavy atom. The number of nitrogens with one attached hydrogen (secondary N) is 1. The summed E-state index contributed by atoms with van der Waals surface area (Å²) in [5.41, 5.74) is 0.564. The molecule has 1 aromatic heterocycles. The van der Waals surface area contributed by atoms with E-state index in [2.05, 4.69) is 20.3 Å². The lowest BCUT2D eigenvalue weighted by molar-refractivity contribution is 0.587. The third-order valence-electron chi connectivity index (χ3n) is 2.58. The lowest BCUT2D eigenvalue weighted by atomic mass is 10.3. The summed E-state index contributed by atoms with van der Waals surface area (Å²) in [5, 5.41) is 2.47. The SMILES string of the molecule is CC(C)S(=O)(=O)c1cccc(Nc2ncnc(Cl)n2)c1. The van der Waals surface area contributed by atoms with Crippen LogP contribution in [0.5, 0.6) is 0 Å². The van der Waals surface area contributed by atoms with Crippen molar-refractivity contribution >= 4 is 33.1 Å². The third-order valence-corrected chi connectivity index (χ3v) is 4.92. The van der Waals surface area contributed by atoms with Gasteiger partial charge < -0.3 is 5.32 Å². The van der Waals surface area contributed by atoms with Crippen molar-refractivity contribution in [2.24, 2.45) is 0 Å². The Bertz CT molecular complexity index is 719. The molecule has 0 aliphatic heterocycles. The molecule has 0 aliphatic rings. The molecule has 1 aromatic carbocycles. The van der Waals surface area contributed by atoms with E-state index in [1.54, 1.807) is 32.0 Å². The van der Waals surface area contributed by atoms with Gasteiger partial charge in [0.2, 0.25) is 11.2 Å². The van der Waals surface area contributed by atoms with Gasteiger partial charge in [-0.25, -0.2) is 18.4 Å². The van der Waals surface area contributed by atoms with Crippen LogP contribution >= 0.6 is 11.6 Å². The van der Waals surface area contributed by atoms with Gasteiger partial charge in [0.15, 0.2) is 9.84 Å². The monoisotopic (exact) mass is 312 g/mol. The number of halogens is 1. The number of rotatable bonds is 4. The first kappa shape index (κ1) is 14.7. The first-order valence-corrected chi connectivity index (χ1v) is 7.77. The van der Waals surface area contributed by atoms with E-state index in [4.69, 9.17) is 11.6 Å². The number of anilines is 2. The van der Waals surface area contributed by atoms with Crippen LogP contribution in [0.4, 0.5) is 11.6 Å². The summed E-state index contributed by atoms with van der Waals surface area (Å²) >= 11 is 5.66. The fourth-order valence-electron chi connectivity index (χ4n) is 1.49. The van der Waals surface area contributed by atoms with Gasteiger partial charge in [-0.15, -0.1) is 0 Å². The predicted octanol–water partition coefficient (Wildman–Crippen LogP) is 2.45. The molecule has 0 atom stereocenters. The molecular formula is C12H13ClN4O2S. The van der Waals surface area contributed by atoms with Crippen LogP contribution in [0.1, 0.15) is 13.8 Å². The van der Waals surface area contributed by atoms with Gasteiger partial charge in [-0.1, -0.05) is 6.07 Å². The normalized spacial score (nSPS) is 11.6. The van der Waals surface area contributed by atoms with Crippen LogP contribution in [-0.2, 0) is 9.84 Å². The van der Waals surface area contributed by atoms with Gasteiger partial charge in [-0.3, -0.25) is 0 Å². The highest BCUT2D eigenvalue weighted by molar-refractivity contribution is 7.92. The maximum absolute atomic E-state index is 12.1. The average molecular weight is 313 g/mol. The molecule has 1 N–H and O–H groups in total. The molecule has 0 spiro atoms. The zero-order valence-corrected chi connectivity index (χ0v) is 12.5. The van der Waals surface area contributed by atoms with Crippen molar-refractivity contribution in [1.29, 1.82) is 0 Å². The van der Waals surface area contributed by atoms with Crippen LogP contribution in [0, 0.1) is 0 Å². The first-order chi connectivity index (χ1) is 9.39. The molecule has 106 valence electrons. The Kier molecular flexibility index (Phi) is 4.20. The van der Waals surface area contributed by atoms with Crippen LogP contribution in [0.25, 0.3) is 0 Å². The minimum Gasteiger partial charge on any atom is -0.324 e. The minimum atomic E-state index is -3.32. The summed E-state index contributed by atoms with van der Waals surface area (Å²) in [7, 11) is -3.32. The van der Waals surface area contributed by atoms with Crippen molar-refractivity contribution in [2.75, 3.05) is 5.32 Å². The van der Waals surface area contributed by atoms with Gasteiger partial charge in [0.1, 0.15) is 6.33 Å². The van der Waals surface area contributed by atoms with Gasteiger partial charge in [0, 0.05) is 5.69 Å². The Morgan fingerprint density at radius 3 is 2.65 bits per heavy atom. The van der Waals surface area contributed by atoms with Crippen molar-refractivity contribution < 1.29 is 8.42 Å². The van der Waals surface area contributed by atoms with Gasteiger partial charge >= 0.3 is 0 Å². The van der Waals surface area contributed by atoms with Gasteiger partial charge in [0.25, 0.3) is 0 Å². The lowest BCUT2D eigenvalue weighted by Gasteiger charge is -2.10. The lowest BCUT2D eigenvalue weighted by Crippen LogP contribution is -2.14. The summed E-state index contributed by atoms with van der Waals surface area (Å²) in [6.07, 6.45) is 1.27. The minimum absolute atomic E-state index is 0.0634. The highest BCUT2D eigenvalue weighted by Gasteiger charge is 2.19. The number of hydrogen-bond acceptors (Lipinski definition) is 6. The Morgan fingerprint density at radius 2 is 2.00 bits per heavy atom. The fourth-order valence-corrected chi connectivity index (χ4v) is 2.72. The average Bonchev–Trinajstić information content (AvgIpc) is 2.39. The molecule has 0 amide bonds. The maximum atomic E-state index is 12.1. The van der Waals surface area contributed by atoms with Crippen molar-refractivity contribution in [1.82, 2.24) is 15.0 Å². The summed E-state index contributed by atoms with van der Waals surface area (Å²) in [6.45, 7) is 3.28. The number of hydrogen-bond donors (Lipinski definition) is 1. The van der Waals surface area contributed by atoms with E-state index in [0.717, 1.165) is 0 Å². The standard InChI is InChI=1S/C12H13ClN4O2S/c1-8(2)20(18,19)10-5-3-4-9(6-10)16-12-15-7-14-11(13)17-12/h3-8H,1-2H3,(H,14,15,16,17). The third kappa shape index (κ3) is 3.23. The quantitative estimate of drug-likeness (QED) is 0.933. The zero-order valence-electron chi connectivity index (χ0n) is 10.9. The highest BCUT2D eigenvalue weighted by atomic mass is 35.5. The van der Waals surface area contributed by atoms with Crippen molar-refractivity contribution in [3.05, 3.63) is 35.9 Å². The molecule has 0 saturated heterocycles. The van der Waals surface area contributed by atoms with Gasteiger partial charge in [-0.05, 0) is 43.6 Å². The summed E-state index contributed by atoms with van der Waals surface area (Å²) < 4.78 is 24.2. The van der Waals surface area contributed by atoms with E-state index in [0.29, 0.717) is 5.69 Å². The molecule has 0 fully saturated rings. The van der Waals surface area contributed by atoms with Crippen LogP contribution in [0.2, 0.25) is 5.28 Å². The van der Waals surface area contributed by atoms with Crippen LogP contribution in [-0.4, -0.2) is 28.6 Å². The summed E-state index contributed by atoms with van der Waals surface area (Å²) in [5.74, 6) is 0.254. The van der Waals surface area contributed by atoms with Crippen molar-refractivity contribution in [3.63, 3.8) is 0 Å². The second-order valence-electron chi connectivity index (χ2n) is 4.32. The molecule has 0 aliphatic carbocycles. The number of aromatic nitrogens is 3. The highest BCUT2D eigenvalue weighted by Crippen LogP contribution is 2.21.